The van der Waals surface area contributed by atoms with Crippen LogP contribution in [-0.4, -0.2) is 65.7 Å². The minimum atomic E-state index is -1.01. The third-order valence-electron chi connectivity index (χ3n) is 6.86. The van der Waals surface area contributed by atoms with Gasteiger partial charge in [-0.3, -0.25) is 9.69 Å². The molecule has 0 fully saturated rings. The summed E-state index contributed by atoms with van der Waals surface area (Å²) in [7, 11) is 0. The monoisotopic (exact) mass is 540 g/mol. The number of carbonyl (C=O) groups is 2. The van der Waals surface area contributed by atoms with Crippen molar-refractivity contribution < 1.29 is 19.4 Å². The van der Waals surface area contributed by atoms with Gasteiger partial charge in [0.2, 0.25) is 5.91 Å². The number of amides is 1. The average Bonchev–Trinajstić information content (AvgIpc) is 2.91. The number of hydrogen-bond acceptors (Lipinski definition) is 6. The fraction of sp³-hybridized carbons (Fsp3) is 0.581. The fourth-order valence-corrected chi connectivity index (χ4v) is 4.36. The second-order valence-corrected chi connectivity index (χ2v) is 10.5. The van der Waals surface area contributed by atoms with E-state index in [1.165, 1.54) is 18.1 Å². The maximum absolute atomic E-state index is 11.6. The number of aryl methyl sites for hydroxylation is 2. The van der Waals surface area contributed by atoms with Gasteiger partial charge in [-0.1, -0.05) is 30.7 Å². The van der Waals surface area contributed by atoms with Crippen LogP contribution in [0, 0.1) is 0 Å². The van der Waals surface area contributed by atoms with Crippen LogP contribution >= 0.6 is 0 Å². The molecular weight excluding hydrogens is 492 g/mol. The molecule has 3 N–H and O–H groups in total. The van der Waals surface area contributed by atoms with E-state index in [0.717, 1.165) is 74.5 Å². The molecule has 216 valence electrons. The van der Waals surface area contributed by atoms with Crippen molar-refractivity contribution in [1.29, 1.82) is 0 Å². The summed E-state index contributed by atoms with van der Waals surface area (Å²) in [5.74, 6) is 0.529. The van der Waals surface area contributed by atoms with Gasteiger partial charge in [0.05, 0.1) is 0 Å². The van der Waals surface area contributed by atoms with Crippen LogP contribution in [0.15, 0.2) is 47.3 Å². The zero-order valence-electron chi connectivity index (χ0n) is 24.5. The van der Waals surface area contributed by atoms with Crippen LogP contribution in [0.5, 0.6) is 0 Å². The first-order chi connectivity index (χ1) is 18.7. The molecule has 39 heavy (non-hydrogen) atoms. The van der Waals surface area contributed by atoms with Crippen molar-refractivity contribution in [2.75, 3.05) is 38.1 Å². The molecule has 0 radical (unpaired) electrons. The molecule has 0 aliphatic carbocycles. The van der Waals surface area contributed by atoms with Crippen molar-refractivity contribution in [3.8, 4) is 0 Å². The van der Waals surface area contributed by atoms with E-state index < -0.39 is 12.0 Å². The standard InChI is InChI=1S/C31H48N4O4/c1-6-24(4)11-9-14-29(23(2)3)39-22-21-35(20-17-28(31(37)38)33-25(5)36)19-8-7-13-27-16-15-26-12-10-18-32-30(26)34-27/h9,11,14-16,28H,6-8,10,12-13,17-22H2,1-5H3,(H,32,34)(H,33,36)(H,37,38)/b14-9-,24-11+. The van der Waals surface area contributed by atoms with Crippen LogP contribution < -0.4 is 10.6 Å². The molecule has 2 rings (SSSR count). The number of carboxylic acids is 1. The number of unbranched alkanes of at least 4 members (excludes halogenated alkanes) is 1. The van der Waals surface area contributed by atoms with Crippen LogP contribution in [0.1, 0.15) is 78.0 Å². The summed E-state index contributed by atoms with van der Waals surface area (Å²) < 4.78 is 6.12. The van der Waals surface area contributed by atoms with E-state index in [1.54, 1.807) is 0 Å². The predicted octanol–water partition coefficient (Wildman–Crippen LogP) is 5.27. The Balaban J connectivity index is 1.94. The van der Waals surface area contributed by atoms with Gasteiger partial charge >= 0.3 is 5.97 Å². The molecule has 0 bridgehead atoms. The van der Waals surface area contributed by atoms with Gasteiger partial charge in [-0.25, -0.2) is 9.78 Å². The highest BCUT2D eigenvalue weighted by molar-refractivity contribution is 5.82. The van der Waals surface area contributed by atoms with Crippen LogP contribution in [0.25, 0.3) is 0 Å². The number of allylic oxidation sites excluding steroid dienone is 5. The highest BCUT2D eigenvalue weighted by Crippen LogP contribution is 2.20. The Morgan fingerprint density at radius 1 is 1.18 bits per heavy atom. The lowest BCUT2D eigenvalue weighted by Gasteiger charge is -2.24. The first-order valence-corrected chi connectivity index (χ1v) is 14.3. The summed E-state index contributed by atoms with van der Waals surface area (Å²) in [6, 6.07) is 3.42. The van der Waals surface area contributed by atoms with Crippen molar-refractivity contribution in [1.82, 2.24) is 15.2 Å². The summed E-state index contributed by atoms with van der Waals surface area (Å²) in [6.45, 7) is 13.2. The number of ether oxygens (including phenoxy) is 1. The molecule has 1 aromatic heterocycles. The van der Waals surface area contributed by atoms with Gasteiger partial charge in [0.1, 0.15) is 24.2 Å². The molecule has 8 nitrogen and oxygen atoms in total. The van der Waals surface area contributed by atoms with Crippen molar-refractivity contribution >= 4 is 17.7 Å². The van der Waals surface area contributed by atoms with Crippen molar-refractivity contribution in [3.05, 3.63) is 58.5 Å². The number of aromatic nitrogens is 1. The second kappa shape index (κ2) is 17.5. The number of anilines is 1. The Hall–Kier alpha value is -3.13. The summed E-state index contributed by atoms with van der Waals surface area (Å²) in [6.07, 6.45) is 12.6. The molecule has 1 aromatic rings. The van der Waals surface area contributed by atoms with E-state index in [4.69, 9.17) is 9.72 Å². The van der Waals surface area contributed by atoms with Crippen molar-refractivity contribution in [3.63, 3.8) is 0 Å². The molecule has 0 saturated carbocycles. The molecule has 2 heterocycles. The van der Waals surface area contributed by atoms with Gasteiger partial charge in [0, 0.05) is 32.3 Å². The molecule has 0 spiro atoms. The SMILES string of the molecule is CC/C(C)=C/C=C\C(OCCN(CCCCc1ccc2c(n1)NCCC2)CCC(NC(C)=O)C(=O)O)=C(C)C. The number of rotatable bonds is 17. The van der Waals surface area contributed by atoms with E-state index >= 15 is 0 Å². The van der Waals surface area contributed by atoms with Crippen LogP contribution in [0.3, 0.4) is 0 Å². The summed E-state index contributed by atoms with van der Waals surface area (Å²) in [5.41, 5.74) is 4.80. The Bertz CT molecular complexity index is 1030. The minimum Gasteiger partial charge on any atom is -0.492 e. The van der Waals surface area contributed by atoms with E-state index in [1.807, 2.05) is 26.0 Å². The predicted molar refractivity (Wildman–Crippen MR) is 158 cm³/mol. The number of fused-ring (bicyclic) bond motifs is 1. The third-order valence-corrected chi connectivity index (χ3v) is 6.86. The van der Waals surface area contributed by atoms with Crippen LogP contribution in [0.2, 0.25) is 0 Å². The lowest BCUT2D eigenvalue weighted by Crippen LogP contribution is -2.42. The highest BCUT2D eigenvalue weighted by Gasteiger charge is 2.19. The number of nitrogens with zero attached hydrogens (tertiary/aromatic N) is 2. The molecule has 1 aliphatic heterocycles. The summed E-state index contributed by atoms with van der Waals surface area (Å²) in [4.78, 5) is 30.1. The van der Waals surface area contributed by atoms with Crippen molar-refractivity contribution in [2.24, 2.45) is 0 Å². The summed E-state index contributed by atoms with van der Waals surface area (Å²) >= 11 is 0. The largest absolute Gasteiger partial charge is 0.492 e. The van der Waals surface area contributed by atoms with Gasteiger partial charge in [-0.05, 0) is 95.5 Å². The normalized spacial score (nSPS) is 14.1. The van der Waals surface area contributed by atoms with Gasteiger partial charge < -0.3 is 20.5 Å². The minimum absolute atomic E-state index is 0.336. The Kier molecular flexibility index (Phi) is 14.4. The van der Waals surface area contributed by atoms with E-state index in [2.05, 4.69) is 47.6 Å². The molecule has 8 heteroatoms. The van der Waals surface area contributed by atoms with Crippen LogP contribution in [-0.2, 0) is 27.2 Å². The zero-order chi connectivity index (χ0) is 28.6. The maximum atomic E-state index is 11.6. The summed E-state index contributed by atoms with van der Waals surface area (Å²) in [5, 5.41) is 15.5. The number of pyridine rings is 1. The van der Waals surface area contributed by atoms with E-state index in [9.17, 15) is 14.7 Å². The molecular formula is C31H48N4O4. The van der Waals surface area contributed by atoms with Gasteiger partial charge in [-0.2, -0.15) is 0 Å². The van der Waals surface area contributed by atoms with Gasteiger partial charge in [0.15, 0.2) is 0 Å². The smallest absolute Gasteiger partial charge is 0.326 e. The molecule has 1 unspecified atom stereocenters. The Morgan fingerprint density at radius 2 is 1.97 bits per heavy atom. The van der Waals surface area contributed by atoms with Crippen LogP contribution in [0.4, 0.5) is 5.82 Å². The van der Waals surface area contributed by atoms with Gasteiger partial charge in [-0.15, -0.1) is 0 Å². The second-order valence-electron chi connectivity index (χ2n) is 10.5. The molecule has 1 atom stereocenters. The molecule has 0 saturated heterocycles. The number of carbonyl (C=O) groups excluding carboxylic acids is 1. The Labute approximate surface area is 234 Å². The first-order valence-electron chi connectivity index (χ1n) is 14.3. The number of hydrogen-bond donors (Lipinski definition) is 3. The molecule has 0 aromatic carbocycles. The quantitative estimate of drug-likeness (QED) is 0.141. The lowest BCUT2D eigenvalue weighted by molar-refractivity contribution is -0.141. The first kappa shape index (κ1) is 32.1. The average molecular weight is 541 g/mol. The number of nitrogens with one attached hydrogen (secondary N) is 2. The van der Waals surface area contributed by atoms with Crippen molar-refractivity contribution in [2.45, 2.75) is 85.6 Å². The zero-order valence-corrected chi connectivity index (χ0v) is 24.5. The third kappa shape index (κ3) is 12.5. The maximum Gasteiger partial charge on any atom is 0.326 e. The molecule has 1 aliphatic rings. The number of carboxylic acid groups (broad SMARTS) is 1. The number of aliphatic carboxylic acids is 1. The fourth-order valence-electron chi connectivity index (χ4n) is 4.36. The van der Waals surface area contributed by atoms with E-state index in [0.29, 0.717) is 26.1 Å². The van der Waals surface area contributed by atoms with Gasteiger partial charge in [0.25, 0.3) is 0 Å². The highest BCUT2D eigenvalue weighted by atomic mass is 16.5. The Morgan fingerprint density at radius 3 is 2.67 bits per heavy atom. The topological polar surface area (TPSA) is 104 Å². The van der Waals surface area contributed by atoms with E-state index in [-0.39, 0.29) is 5.91 Å². The molecule has 1 amide bonds. The lowest BCUT2D eigenvalue weighted by atomic mass is 10.1.